The monoisotopic (exact) mass is 508 g/mol. The predicted octanol–water partition coefficient (Wildman–Crippen LogP) is 5.23. The molecule has 164 valence electrons. The van der Waals surface area contributed by atoms with Crippen LogP contribution in [0.1, 0.15) is 24.0 Å². The van der Waals surface area contributed by atoms with E-state index in [1.54, 1.807) is 0 Å². The Kier molecular flexibility index (Phi) is 8.00. The number of hydrogen-bond acceptors (Lipinski definition) is 4. The van der Waals surface area contributed by atoms with E-state index in [1.165, 1.54) is 23.3 Å². The van der Waals surface area contributed by atoms with Gasteiger partial charge in [-0.3, -0.25) is 4.90 Å². The first-order chi connectivity index (χ1) is 13.9. The van der Waals surface area contributed by atoms with Crippen molar-refractivity contribution >= 4 is 57.0 Å². The number of piperidine rings is 1. The normalized spacial score (nSPS) is 19.0. The van der Waals surface area contributed by atoms with Crippen molar-refractivity contribution in [2.45, 2.75) is 36.1 Å². The van der Waals surface area contributed by atoms with Crippen LogP contribution in [0.5, 0.6) is 0 Å². The minimum Gasteiger partial charge on any atom is -0.317 e. The zero-order valence-electron chi connectivity index (χ0n) is 16.3. The van der Waals surface area contributed by atoms with Crippen molar-refractivity contribution in [3.05, 3.63) is 62.6 Å². The maximum Gasteiger partial charge on any atom is 0.196 e. The van der Waals surface area contributed by atoms with Gasteiger partial charge in [0.2, 0.25) is 0 Å². The molecule has 2 aliphatic heterocycles. The van der Waals surface area contributed by atoms with Gasteiger partial charge in [-0.05, 0) is 61.5 Å². The van der Waals surface area contributed by atoms with Gasteiger partial charge in [-0.2, -0.15) is 0 Å². The van der Waals surface area contributed by atoms with E-state index in [9.17, 15) is 8.42 Å². The lowest BCUT2D eigenvalue weighted by Gasteiger charge is -2.40. The first-order valence-electron chi connectivity index (χ1n) is 9.78. The lowest BCUT2D eigenvalue weighted by Crippen LogP contribution is -2.50. The molecule has 0 aliphatic carbocycles. The van der Waals surface area contributed by atoms with Crippen LogP contribution < -0.4 is 5.32 Å². The Morgan fingerprint density at radius 1 is 0.967 bits per heavy atom. The average Bonchev–Trinajstić information content (AvgIpc) is 2.71. The number of nitrogens with one attached hydrogen (secondary N) is 1. The quantitative estimate of drug-likeness (QED) is 0.573. The van der Waals surface area contributed by atoms with E-state index in [1.807, 2.05) is 12.1 Å². The number of nitrogens with zero attached hydrogens (tertiary/aromatic N) is 1. The smallest absolute Gasteiger partial charge is 0.196 e. The molecule has 1 N–H and O–H groups in total. The van der Waals surface area contributed by atoms with E-state index < -0.39 is 15.2 Å². The zero-order valence-corrected chi connectivity index (χ0v) is 20.2. The third kappa shape index (κ3) is 4.78. The number of hydrogen-bond donors (Lipinski definition) is 1. The van der Waals surface area contributed by atoms with Crippen LogP contribution in [-0.4, -0.2) is 38.3 Å². The number of fused-ring (bicyclic) bond motifs is 1. The summed E-state index contributed by atoms with van der Waals surface area (Å²) in [4.78, 5) is 2.17. The largest absolute Gasteiger partial charge is 0.317 e. The molecule has 0 bridgehead atoms. The number of rotatable bonds is 4. The lowest BCUT2D eigenvalue weighted by atomic mass is 9.94. The molecule has 2 aromatic rings. The molecular weight excluding hydrogens is 486 g/mol. The SMILES string of the molecule is Cl.O=S(=O)(c1cc(Cl)c(Cl)cc1Cl)C(C1CCNCC1)N1CCc2ccccc2C1. The van der Waals surface area contributed by atoms with Gasteiger partial charge < -0.3 is 5.32 Å². The summed E-state index contributed by atoms with van der Waals surface area (Å²) < 4.78 is 27.8. The summed E-state index contributed by atoms with van der Waals surface area (Å²) in [6.45, 7) is 2.94. The van der Waals surface area contributed by atoms with Crippen LogP contribution in [0.25, 0.3) is 0 Å². The number of benzene rings is 2. The molecule has 9 heteroatoms. The topological polar surface area (TPSA) is 49.4 Å². The summed E-state index contributed by atoms with van der Waals surface area (Å²) in [5.74, 6) is 0.0250. The molecule has 1 fully saturated rings. The zero-order chi connectivity index (χ0) is 20.6. The molecule has 30 heavy (non-hydrogen) atoms. The van der Waals surface area contributed by atoms with E-state index >= 15 is 0 Å². The Morgan fingerprint density at radius 2 is 1.60 bits per heavy atom. The van der Waals surface area contributed by atoms with Gasteiger partial charge in [0, 0.05) is 13.1 Å². The third-order valence-electron chi connectivity index (χ3n) is 5.91. The molecular formula is C21H24Cl4N2O2S. The Bertz CT molecular complexity index is 1010. The maximum atomic E-state index is 13.9. The molecule has 1 saturated heterocycles. The average molecular weight is 510 g/mol. The van der Waals surface area contributed by atoms with Crippen molar-refractivity contribution in [1.82, 2.24) is 10.2 Å². The highest BCUT2D eigenvalue weighted by atomic mass is 35.5. The Labute approximate surface area is 199 Å². The van der Waals surface area contributed by atoms with E-state index in [0.29, 0.717) is 13.1 Å². The fraction of sp³-hybridized carbons (Fsp3) is 0.429. The van der Waals surface area contributed by atoms with Gasteiger partial charge in [0.15, 0.2) is 9.84 Å². The summed E-state index contributed by atoms with van der Waals surface area (Å²) in [6.07, 6.45) is 2.45. The third-order valence-corrected chi connectivity index (χ3v) is 9.32. The molecule has 2 heterocycles. The van der Waals surface area contributed by atoms with Crippen molar-refractivity contribution in [2.24, 2.45) is 5.92 Å². The van der Waals surface area contributed by atoms with Crippen molar-refractivity contribution in [1.29, 1.82) is 0 Å². The second-order valence-corrected chi connectivity index (χ2v) is 10.9. The summed E-state index contributed by atoms with van der Waals surface area (Å²) in [7, 11) is -3.75. The Hall–Kier alpha value is -0.530. The Morgan fingerprint density at radius 3 is 2.30 bits per heavy atom. The van der Waals surface area contributed by atoms with Gasteiger partial charge in [-0.15, -0.1) is 12.4 Å². The van der Waals surface area contributed by atoms with Crippen LogP contribution in [0.3, 0.4) is 0 Å². The highest BCUT2D eigenvalue weighted by Gasteiger charge is 2.41. The summed E-state index contributed by atoms with van der Waals surface area (Å²) >= 11 is 18.5. The van der Waals surface area contributed by atoms with Crippen molar-refractivity contribution in [2.75, 3.05) is 19.6 Å². The fourth-order valence-corrected chi connectivity index (χ4v) is 7.62. The molecule has 2 aliphatic rings. The summed E-state index contributed by atoms with van der Waals surface area (Å²) in [5.41, 5.74) is 2.48. The van der Waals surface area contributed by atoms with Gasteiger partial charge in [0.25, 0.3) is 0 Å². The number of sulfone groups is 1. The fourth-order valence-electron chi connectivity index (χ4n) is 4.46. The van der Waals surface area contributed by atoms with Gasteiger partial charge in [-0.1, -0.05) is 59.1 Å². The standard InChI is InChI=1S/C21H23Cl3N2O2S.ClH/c22-17-11-19(24)20(12-18(17)23)29(27,28)21(15-5-8-25-9-6-15)26-10-7-14-3-1-2-4-16(14)13-26;/h1-4,11-12,15,21,25H,5-10,13H2;1H. The van der Waals surface area contributed by atoms with E-state index in [4.69, 9.17) is 34.8 Å². The summed E-state index contributed by atoms with van der Waals surface area (Å²) in [5, 5.41) is 3.25. The number of halogens is 4. The van der Waals surface area contributed by atoms with Crippen molar-refractivity contribution < 1.29 is 8.42 Å². The molecule has 0 amide bonds. The van der Waals surface area contributed by atoms with Crippen molar-refractivity contribution in [3.8, 4) is 0 Å². The van der Waals surface area contributed by atoms with Crippen LogP contribution in [0, 0.1) is 5.92 Å². The van der Waals surface area contributed by atoms with Gasteiger partial charge >= 0.3 is 0 Å². The first kappa shape index (κ1) is 24.1. The van der Waals surface area contributed by atoms with Crippen LogP contribution >= 0.6 is 47.2 Å². The molecule has 1 atom stereocenters. The minimum atomic E-state index is -3.75. The van der Waals surface area contributed by atoms with Crippen LogP contribution in [-0.2, 0) is 22.8 Å². The molecule has 4 rings (SSSR count). The van der Waals surface area contributed by atoms with E-state index in [-0.39, 0.29) is 38.3 Å². The van der Waals surface area contributed by atoms with E-state index in [2.05, 4.69) is 22.3 Å². The highest BCUT2D eigenvalue weighted by molar-refractivity contribution is 7.92. The molecule has 0 aromatic heterocycles. The molecule has 2 aromatic carbocycles. The predicted molar refractivity (Wildman–Crippen MR) is 126 cm³/mol. The van der Waals surface area contributed by atoms with Gasteiger partial charge in [-0.25, -0.2) is 8.42 Å². The molecule has 1 unspecified atom stereocenters. The van der Waals surface area contributed by atoms with Crippen LogP contribution in [0.4, 0.5) is 0 Å². The van der Waals surface area contributed by atoms with Crippen LogP contribution in [0.15, 0.2) is 41.3 Å². The van der Waals surface area contributed by atoms with Crippen molar-refractivity contribution in [3.63, 3.8) is 0 Å². The molecule has 0 spiro atoms. The minimum absolute atomic E-state index is 0. The molecule has 4 nitrogen and oxygen atoms in total. The van der Waals surface area contributed by atoms with E-state index in [0.717, 1.165) is 32.4 Å². The summed E-state index contributed by atoms with van der Waals surface area (Å²) in [6, 6.07) is 11.1. The maximum absolute atomic E-state index is 13.9. The second kappa shape index (κ2) is 9.95. The first-order valence-corrected chi connectivity index (χ1v) is 12.5. The van der Waals surface area contributed by atoms with Gasteiger partial charge in [0.1, 0.15) is 5.37 Å². The van der Waals surface area contributed by atoms with Gasteiger partial charge in [0.05, 0.1) is 20.0 Å². The molecule has 0 radical (unpaired) electrons. The van der Waals surface area contributed by atoms with Crippen LogP contribution in [0.2, 0.25) is 15.1 Å². The molecule has 0 saturated carbocycles. The second-order valence-electron chi connectivity index (χ2n) is 7.71. The Balaban J connectivity index is 0.00000256. The lowest BCUT2D eigenvalue weighted by molar-refractivity contribution is 0.159. The highest BCUT2D eigenvalue weighted by Crippen LogP contribution is 2.38.